The number of ether oxygens (including phenoxy) is 1. The van der Waals surface area contributed by atoms with Gasteiger partial charge in [-0.15, -0.1) is 0 Å². The maximum Gasteiger partial charge on any atom is 0.285 e. The van der Waals surface area contributed by atoms with E-state index in [0.29, 0.717) is 26.8 Å². The van der Waals surface area contributed by atoms with Crippen LogP contribution < -0.4 is 10.2 Å². The maximum atomic E-state index is 12.8. The zero-order valence-electron chi connectivity index (χ0n) is 17.8. The van der Waals surface area contributed by atoms with E-state index >= 15 is 0 Å². The number of nitro benzene ring substituents is 1. The summed E-state index contributed by atoms with van der Waals surface area (Å²) in [5.41, 5.74) is 4.35. The Morgan fingerprint density at radius 3 is 2.54 bits per heavy atom. The minimum Gasteiger partial charge on any atom is -0.489 e. The average Bonchev–Trinajstić information content (AvgIpc) is 3.11. The minimum absolute atomic E-state index is 0.0115. The van der Waals surface area contributed by atoms with Crippen molar-refractivity contribution >= 4 is 63.5 Å². The number of rotatable bonds is 7. The van der Waals surface area contributed by atoms with E-state index in [2.05, 4.69) is 5.43 Å². The van der Waals surface area contributed by atoms with Crippen LogP contribution in [0, 0.1) is 10.1 Å². The van der Waals surface area contributed by atoms with Crippen LogP contribution in [0.25, 0.3) is 6.08 Å². The van der Waals surface area contributed by atoms with Crippen molar-refractivity contribution in [1.29, 1.82) is 0 Å². The number of nitrogens with one attached hydrogen (secondary N) is 1. The molecule has 11 heteroatoms. The average molecular weight is 526 g/mol. The second kappa shape index (κ2) is 10.7. The van der Waals surface area contributed by atoms with Crippen molar-refractivity contribution in [2.75, 3.05) is 0 Å². The highest BCUT2D eigenvalue weighted by Gasteiger charge is 2.33. The normalized spacial score (nSPS) is 14.3. The van der Waals surface area contributed by atoms with Gasteiger partial charge in [0.05, 0.1) is 9.83 Å². The number of amides is 2. The Hall–Kier alpha value is -3.73. The standard InChI is InChI=1S/C24H16ClN3O5S2/c25-18-8-6-17(7-9-18)22(29)26-27-23(30)21(35-24(27)34)13-16-2-1-3-20(12-16)33-14-15-4-10-19(11-5-15)28(31)32/h1-13H,14H2,(H,26,29)/b21-13+. The lowest BCUT2D eigenvalue weighted by atomic mass is 10.2. The van der Waals surface area contributed by atoms with Gasteiger partial charge in [-0.2, -0.15) is 5.01 Å². The molecule has 0 saturated carbocycles. The van der Waals surface area contributed by atoms with Crippen LogP contribution in [0.2, 0.25) is 5.02 Å². The van der Waals surface area contributed by atoms with E-state index in [4.69, 9.17) is 28.6 Å². The van der Waals surface area contributed by atoms with Gasteiger partial charge in [0.2, 0.25) is 0 Å². The fourth-order valence-electron chi connectivity index (χ4n) is 3.06. The van der Waals surface area contributed by atoms with Crippen molar-refractivity contribution in [2.24, 2.45) is 0 Å². The lowest BCUT2D eigenvalue weighted by Crippen LogP contribution is -2.44. The van der Waals surface area contributed by atoms with Crippen LogP contribution >= 0.6 is 35.6 Å². The zero-order chi connectivity index (χ0) is 24.9. The molecule has 0 bridgehead atoms. The summed E-state index contributed by atoms with van der Waals surface area (Å²) in [5.74, 6) is -0.371. The predicted molar refractivity (Wildman–Crippen MR) is 138 cm³/mol. The molecule has 35 heavy (non-hydrogen) atoms. The maximum absolute atomic E-state index is 12.8. The lowest BCUT2D eigenvalue weighted by molar-refractivity contribution is -0.384. The molecule has 0 atom stereocenters. The monoisotopic (exact) mass is 525 g/mol. The number of nitro groups is 1. The molecule has 2 amide bonds. The Kier molecular flexibility index (Phi) is 7.45. The third kappa shape index (κ3) is 6.04. The highest BCUT2D eigenvalue weighted by Crippen LogP contribution is 2.32. The zero-order valence-corrected chi connectivity index (χ0v) is 20.2. The number of hydrogen-bond donors (Lipinski definition) is 1. The quantitative estimate of drug-likeness (QED) is 0.191. The minimum atomic E-state index is -0.485. The van der Waals surface area contributed by atoms with Gasteiger partial charge in [0.15, 0.2) is 4.32 Å². The molecule has 1 heterocycles. The molecule has 3 aromatic carbocycles. The summed E-state index contributed by atoms with van der Waals surface area (Å²) in [4.78, 5) is 36.0. The molecule has 1 saturated heterocycles. The molecule has 1 N–H and O–H groups in total. The number of thiocarbonyl (C=S) groups is 1. The number of nitrogens with zero attached hydrogens (tertiary/aromatic N) is 2. The van der Waals surface area contributed by atoms with Gasteiger partial charge in [-0.1, -0.05) is 35.5 Å². The van der Waals surface area contributed by atoms with E-state index < -0.39 is 16.7 Å². The number of hydrazine groups is 1. The molecule has 0 aromatic heterocycles. The molecule has 176 valence electrons. The fraction of sp³-hybridized carbons (Fsp3) is 0.0417. The van der Waals surface area contributed by atoms with Crippen molar-refractivity contribution < 1.29 is 19.2 Å². The number of benzene rings is 3. The first-order valence-electron chi connectivity index (χ1n) is 10.1. The molecule has 3 aromatic rings. The van der Waals surface area contributed by atoms with Crippen molar-refractivity contribution in [3.05, 3.63) is 110 Å². The first-order valence-corrected chi connectivity index (χ1v) is 11.7. The Morgan fingerprint density at radius 1 is 1.14 bits per heavy atom. The van der Waals surface area contributed by atoms with Crippen LogP contribution in [0.5, 0.6) is 5.75 Å². The van der Waals surface area contributed by atoms with Gasteiger partial charge in [0, 0.05) is 22.7 Å². The van der Waals surface area contributed by atoms with E-state index in [9.17, 15) is 19.7 Å². The number of halogens is 1. The van der Waals surface area contributed by atoms with E-state index in [1.807, 2.05) is 0 Å². The first-order chi connectivity index (χ1) is 16.8. The number of carbonyl (C=O) groups is 2. The van der Waals surface area contributed by atoms with Gasteiger partial charge < -0.3 is 4.74 Å². The Morgan fingerprint density at radius 2 is 1.86 bits per heavy atom. The number of hydrogen-bond acceptors (Lipinski definition) is 7. The molecule has 1 aliphatic rings. The van der Waals surface area contributed by atoms with Gasteiger partial charge in [-0.05, 0) is 78.0 Å². The topological polar surface area (TPSA) is 102 Å². The molecule has 1 fully saturated rings. The summed E-state index contributed by atoms with van der Waals surface area (Å²) >= 11 is 12.2. The Bertz CT molecular complexity index is 1340. The Balaban J connectivity index is 1.41. The largest absolute Gasteiger partial charge is 0.489 e. The second-order valence-corrected chi connectivity index (χ2v) is 9.36. The fourth-order valence-corrected chi connectivity index (χ4v) is 4.36. The smallest absolute Gasteiger partial charge is 0.285 e. The van der Waals surface area contributed by atoms with Crippen LogP contribution in [-0.4, -0.2) is 26.1 Å². The van der Waals surface area contributed by atoms with E-state index in [1.54, 1.807) is 66.7 Å². The van der Waals surface area contributed by atoms with Gasteiger partial charge >= 0.3 is 0 Å². The van der Waals surface area contributed by atoms with Crippen molar-refractivity contribution in [3.63, 3.8) is 0 Å². The molecule has 0 aliphatic carbocycles. The van der Waals surface area contributed by atoms with Crippen LogP contribution in [-0.2, 0) is 11.4 Å². The third-order valence-corrected chi connectivity index (χ3v) is 6.38. The summed E-state index contributed by atoms with van der Waals surface area (Å²) in [6, 6.07) is 19.5. The third-order valence-electron chi connectivity index (χ3n) is 4.82. The van der Waals surface area contributed by atoms with Gasteiger partial charge in [0.1, 0.15) is 12.4 Å². The number of carbonyl (C=O) groups excluding carboxylic acids is 2. The van der Waals surface area contributed by atoms with Gasteiger partial charge in [0.25, 0.3) is 17.5 Å². The summed E-state index contributed by atoms with van der Waals surface area (Å²) in [6.07, 6.45) is 1.66. The van der Waals surface area contributed by atoms with Gasteiger partial charge in [-0.3, -0.25) is 25.1 Å². The molecule has 8 nitrogen and oxygen atoms in total. The van der Waals surface area contributed by atoms with Crippen LogP contribution in [0.3, 0.4) is 0 Å². The highest BCUT2D eigenvalue weighted by molar-refractivity contribution is 8.26. The van der Waals surface area contributed by atoms with Crippen LogP contribution in [0.4, 0.5) is 5.69 Å². The second-order valence-electron chi connectivity index (χ2n) is 7.25. The van der Waals surface area contributed by atoms with Gasteiger partial charge in [-0.25, -0.2) is 0 Å². The SMILES string of the molecule is O=C(NN1C(=O)/C(=C\c2cccc(OCc3ccc([N+](=O)[O-])cc3)c2)SC1=S)c1ccc(Cl)cc1. The van der Waals surface area contributed by atoms with Crippen LogP contribution in [0.1, 0.15) is 21.5 Å². The molecule has 1 aliphatic heterocycles. The Labute approximate surface area is 214 Å². The van der Waals surface area contributed by atoms with E-state index in [1.165, 1.54) is 12.1 Å². The summed E-state index contributed by atoms with van der Waals surface area (Å²) < 4.78 is 5.99. The summed E-state index contributed by atoms with van der Waals surface area (Å²) in [6.45, 7) is 0.223. The molecule has 0 spiro atoms. The predicted octanol–water partition coefficient (Wildman–Crippen LogP) is 5.37. The first kappa shape index (κ1) is 24.4. The highest BCUT2D eigenvalue weighted by atomic mass is 35.5. The van der Waals surface area contributed by atoms with Crippen molar-refractivity contribution in [1.82, 2.24) is 10.4 Å². The summed E-state index contributed by atoms with van der Waals surface area (Å²) in [7, 11) is 0. The van der Waals surface area contributed by atoms with Crippen molar-refractivity contribution in [3.8, 4) is 5.75 Å². The van der Waals surface area contributed by atoms with E-state index in [-0.39, 0.29) is 16.6 Å². The van der Waals surface area contributed by atoms with Crippen LogP contribution in [0.15, 0.2) is 77.7 Å². The number of thioether (sulfide) groups is 1. The summed E-state index contributed by atoms with van der Waals surface area (Å²) in [5, 5.41) is 12.3. The number of non-ortho nitro benzene ring substituents is 1. The molecule has 0 radical (unpaired) electrons. The molecular weight excluding hydrogens is 510 g/mol. The molecule has 0 unspecified atom stereocenters. The molecule has 4 rings (SSSR count). The van der Waals surface area contributed by atoms with Crippen molar-refractivity contribution in [2.45, 2.75) is 6.61 Å². The van der Waals surface area contributed by atoms with E-state index in [0.717, 1.165) is 22.3 Å². The molecular formula is C24H16ClN3O5S2. The lowest BCUT2D eigenvalue weighted by Gasteiger charge is -2.15.